The van der Waals surface area contributed by atoms with Gasteiger partial charge in [-0.25, -0.2) is 14.6 Å². The number of aromatic nitrogens is 6. The van der Waals surface area contributed by atoms with E-state index in [1.807, 2.05) is 37.4 Å². The van der Waals surface area contributed by atoms with Gasteiger partial charge in [0.2, 0.25) is 5.43 Å². The monoisotopic (exact) mass is 374 g/mol. The molecule has 0 unspecified atom stereocenters. The predicted octanol–water partition coefficient (Wildman–Crippen LogP) is 2.20. The second-order valence-corrected chi connectivity index (χ2v) is 6.27. The van der Waals surface area contributed by atoms with Crippen molar-refractivity contribution in [3.8, 4) is 22.8 Å². The zero-order chi connectivity index (χ0) is 19.5. The van der Waals surface area contributed by atoms with Crippen molar-refractivity contribution in [3.05, 3.63) is 82.8 Å². The first-order valence-electron chi connectivity index (χ1n) is 8.84. The lowest BCUT2D eigenvalue weighted by molar-refractivity contribution is 0.470. The molecule has 0 spiro atoms. The highest BCUT2D eigenvalue weighted by atomic mass is 16.3. The number of aromatic hydroxyl groups is 1. The molecule has 0 amide bonds. The zero-order valence-electron chi connectivity index (χ0n) is 15.2. The Bertz CT molecular complexity index is 1160. The van der Waals surface area contributed by atoms with Gasteiger partial charge in [0.15, 0.2) is 11.6 Å². The third kappa shape index (κ3) is 3.66. The highest BCUT2D eigenvalue weighted by molar-refractivity contribution is 5.56. The van der Waals surface area contributed by atoms with Gasteiger partial charge in [-0.05, 0) is 18.6 Å². The third-order valence-corrected chi connectivity index (χ3v) is 4.28. The van der Waals surface area contributed by atoms with Gasteiger partial charge in [0.1, 0.15) is 11.4 Å². The van der Waals surface area contributed by atoms with E-state index in [9.17, 15) is 9.90 Å². The number of hydrogen-bond acceptors (Lipinski definition) is 6. The van der Waals surface area contributed by atoms with E-state index in [0.717, 1.165) is 23.4 Å². The summed E-state index contributed by atoms with van der Waals surface area (Å²) in [5.74, 6) is 0.519. The zero-order valence-corrected chi connectivity index (χ0v) is 15.2. The quantitative estimate of drug-likeness (QED) is 0.575. The molecule has 0 fully saturated rings. The minimum absolute atomic E-state index is 0.0142. The summed E-state index contributed by atoms with van der Waals surface area (Å²) in [7, 11) is 0. The molecular formula is C20H18N6O2. The van der Waals surface area contributed by atoms with Gasteiger partial charge < -0.3 is 5.11 Å². The third-order valence-electron chi connectivity index (χ3n) is 4.28. The number of benzene rings is 1. The van der Waals surface area contributed by atoms with E-state index >= 15 is 0 Å². The molecule has 140 valence electrons. The van der Waals surface area contributed by atoms with E-state index in [0.29, 0.717) is 17.9 Å². The van der Waals surface area contributed by atoms with Crippen molar-refractivity contribution in [3.63, 3.8) is 0 Å². The van der Waals surface area contributed by atoms with Crippen LogP contribution in [0, 0.1) is 0 Å². The highest BCUT2D eigenvalue weighted by Crippen LogP contribution is 2.18. The van der Waals surface area contributed by atoms with Crippen LogP contribution in [0.3, 0.4) is 0 Å². The van der Waals surface area contributed by atoms with Gasteiger partial charge in [-0.15, -0.1) is 0 Å². The lowest BCUT2D eigenvalue weighted by Crippen LogP contribution is -2.16. The van der Waals surface area contributed by atoms with E-state index in [1.165, 1.54) is 18.5 Å². The fourth-order valence-corrected chi connectivity index (χ4v) is 2.84. The molecule has 8 nitrogen and oxygen atoms in total. The Hall–Kier alpha value is -3.81. The number of aryl methyl sites for hydroxylation is 1. The molecule has 3 heterocycles. The van der Waals surface area contributed by atoms with Crippen LogP contribution >= 0.6 is 0 Å². The van der Waals surface area contributed by atoms with Crippen LogP contribution in [0.1, 0.15) is 18.2 Å². The van der Waals surface area contributed by atoms with Crippen molar-refractivity contribution < 1.29 is 5.11 Å². The Labute approximate surface area is 160 Å². The lowest BCUT2D eigenvalue weighted by Gasteiger charge is -2.07. The number of nitrogens with zero attached hydrogens (tertiary/aromatic N) is 6. The summed E-state index contributed by atoms with van der Waals surface area (Å²) in [4.78, 5) is 20.6. The Balaban J connectivity index is 1.64. The molecule has 4 aromatic rings. The maximum absolute atomic E-state index is 12.3. The minimum Gasteiger partial charge on any atom is -0.505 e. The summed E-state index contributed by atoms with van der Waals surface area (Å²) in [6.45, 7) is 2.77. The van der Waals surface area contributed by atoms with Crippen molar-refractivity contribution in [2.45, 2.75) is 19.9 Å². The Kier molecular flexibility index (Phi) is 4.67. The van der Waals surface area contributed by atoms with Crippen LogP contribution in [0.4, 0.5) is 0 Å². The van der Waals surface area contributed by atoms with Gasteiger partial charge in [0.05, 0.1) is 24.8 Å². The summed E-state index contributed by atoms with van der Waals surface area (Å²) >= 11 is 0. The molecule has 8 heteroatoms. The summed E-state index contributed by atoms with van der Waals surface area (Å²) < 4.78 is 3.46. The van der Waals surface area contributed by atoms with E-state index in [1.54, 1.807) is 21.8 Å². The Morgan fingerprint density at radius 2 is 1.93 bits per heavy atom. The van der Waals surface area contributed by atoms with Crippen molar-refractivity contribution >= 4 is 0 Å². The first-order valence-corrected chi connectivity index (χ1v) is 8.84. The largest absolute Gasteiger partial charge is 0.505 e. The van der Waals surface area contributed by atoms with Gasteiger partial charge in [-0.1, -0.05) is 18.2 Å². The fourth-order valence-electron chi connectivity index (χ4n) is 2.84. The predicted molar refractivity (Wildman–Crippen MR) is 103 cm³/mol. The molecule has 0 aliphatic carbocycles. The van der Waals surface area contributed by atoms with Crippen LogP contribution in [0.15, 0.2) is 66.1 Å². The van der Waals surface area contributed by atoms with Gasteiger partial charge >= 0.3 is 0 Å². The second kappa shape index (κ2) is 7.43. The summed E-state index contributed by atoms with van der Waals surface area (Å²) in [6, 6.07) is 9.12. The molecule has 0 atom stereocenters. The SMILES string of the molecule is CCn1cc(-n2ccc(=O)c(Cc3cccc(-c4ncc(O)cn4)c3)n2)cn1. The van der Waals surface area contributed by atoms with E-state index in [2.05, 4.69) is 20.2 Å². The molecule has 0 radical (unpaired) electrons. The first-order chi connectivity index (χ1) is 13.6. The number of rotatable bonds is 5. The van der Waals surface area contributed by atoms with Crippen LogP contribution in [0.25, 0.3) is 17.1 Å². The van der Waals surface area contributed by atoms with E-state index < -0.39 is 0 Å². The van der Waals surface area contributed by atoms with Gasteiger partial charge in [-0.3, -0.25) is 9.48 Å². The molecule has 1 aromatic carbocycles. The average molecular weight is 374 g/mol. The maximum Gasteiger partial charge on any atom is 0.203 e. The smallest absolute Gasteiger partial charge is 0.203 e. The molecular weight excluding hydrogens is 356 g/mol. The molecule has 1 N–H and O–H groups in total. The van der Waals surface area contributed by atoms with Crippen LogP contribution in [0.5, 0.6) is 5.75 Å². The normalized spacial score (nSPS) is 10.9. The van der Waals surface area contributed by atoms with Crippen molar-refractivity contribution in [2.24, 2.45) is 0 Å². The van der Waals surface area contributed by atoms with E-state index in [4.69, 9.17) is 0 Å². The fraction of sp³-hybridized carbons (Fsp3) is 0.150. The molecule has 0 saturated carbocycles. The molecule has 4 rings (SSSR count). The lowest BCUT2D eigenvalue weighted by atomic mass is 10.1. The molecule has 0 bridgehead atoms. The molecule has 0 aliphatic rings. The molecule has 3 aromatic heterocycles. The molecule has 0 saturated heterocycles. The summed E-state index contributed by atoms with van der Waals surface area (Å²) in [5.41, 5.74) is 2.84. The van der Waals surface area contributed by atoms with Crippen LogP contribution < -0.4 is 5.43 Å². The second-order valence-electron chi connectivity index (χ2n) is 6.27. The summed E-state index contributed by atoms with van der Waals surface area (Å²) in [6.07, 6.45) is 8.32. The topological polar surface area (TPSA) is 98.7 Å². The summed E-state index contributed by atoms with van der Waals surface area (Å²) in [5, 5.41) is 18.1. The molecule has 28 heavy (non-hydrogen) atoms. The first kappa shape index (κ1) is 17.6. The minimum atomic E-state index is -0.120. The highest BCUT2D eigenvalue weighted by Gasteiger charge is 2.09. The maximum atomic E-state index is 12.3. The van der Waals surface area contributed by atoms with Gasteiger partial charge in [0, 0.05) is 30.8 Å². The average Bonchev–Trinajstić information content (AvgIpc) is 3.20. The van der Waals surface area contributed by atoms with Crippen LogP contribution in [-0.2, 0) is 13.0 Å². The van der Waals surface area contributed by atoms with Gasteiger partial charge in [-0.2, -0.15) is 10.2 Å². The Morgan fingerprint density at radius 3 is 2.68 bits per heavy atom. The van der Waals surface area contributed by atoms with Crippen molar-refractivity contribution in [1.82, 2.24) is 29.5 Å². The van der Waals surface area contributed by atoms with Crippen LogP contribution in [-0.4, -0.2) is 34.6 Å². The van der Waals surface area contributed by atoms with Crippen LogP contribution in [0.2, 0.25) is 0 Å². The molecule has 0 aliphatic heterocycles. The standard InChI is InChI=1S/C20H18N6O2/c1-2-25-13-16(10-23-25)26-7-6-19(28)18(24-26)9-14-4-3-5-15(8-14)20-21-11-17(27)12-22-20/h3-8,10-13,27H,2,9H2,1H3. The van der Waals surface area contributed by atoms with Gasteiger partial charge in [0.25, 0.3) is 0 Å². The van der Waals surface area contributed by atoms with Crippen molar-refractivity contribution in [1.29, 1.82) is 0 Å². The van der Waals surface area contributed by atoms with Crippen molar-refractivity contribution in [2.75, 3.05) is 0 Å². The van der Waals surface area contributed by atoms with E-state index in [-0.39, 0.29) is 11.2 Å². The number of hydrogen-bond donors (Lipinski definition) is 1. The Morgan fingerprint density at radius 1 is 1.11 bits per heavy atom.